The Kier molecular flexibility index (Phi) is 4.05. The lowest BCUT2D eigenvalue weighted by atomic mass is 10.0. The fourth-order valence-corrected chi connectivity index (χ4v) is 3.77. The third kappa shape index (κ3) is 3.17. The van der Waals surface area contributed by atoms with E-state index >= 15 is 0 Å². The molecule has 2 aromatic heterocycles. The van der Waals surface area contributed by atoms with Gasteiger partial charge in [0.05, 0.1) is 24.5 Å². The topological polar surface area (TPSA) is 70.8 Å². The van der Waals surface area contributed by atoms with Crippen molar-refractivity contribution in [3.8, 4) is 11.3 Å². The number of aromatic nitrogens is 4. The van der Waals surface area contributed by atoms with Crippen LogP contribution in [0.3, 0.4) is 0 Å². The SMILES string of the molecule is c1ccc(-c2cnc([C@@H]3CCCCN3Cc3nc(C4CC4)no3)[nH]2)cc1. The van der Waals surface area contributed by atoms with E-state index in [1.54, 1.807) is 0 Å². The van der Waals surface area contributed by atoms with Crippen LogP contribution < -0.4 is 0 Å². The number of rotatable bonds is 5. The Morgan fingerprint density at radius 2 is 2.00 bits per heavy atom. The minimum absolute atomic E-state index is 0.275. The fraction of sp³-hybridized carbons (Fsp3) is 0.450. The van der Waals surface area contributed by atoms with Crippen molar-refractivity contribution in [1.82, 2.24) is 25.0 Å². The van der Waals surface area contributed by atoms with E-state index < -0.39 is 0 Å². The third-order valence-corrected chi connectivity index (χ3v) is 5.37. The molecule has 0 unspecified atom stereocenters. The molecule has 0 spiro atoms. The molecule has 6 nitrogen and oxygen atoms in total. The van der Waals surface area contributed by atoms with Crippen molar-refractivity contribution in [2.24, 2.45) is 0 Å². The van der Waals surface area contributed by atoms with Crippen LogP contribution in [0.25, 0.3) is 11.3 Å². The van der Waals surface area contributed by atoms with Crippen LogP contribution in [-0.2, 0) is 6.54 Å². The highest BCUT2D eigenvalue weighted by molar-refractivity contribution is 5.58. The first-order valence-electron chi connectivity index (χ1n) is 9.53. The van der Waals surface area contributed by atoms with Crippen molar-refractivity contribution in [2.75, 3.05) is 6.54 Å². The lowest BCUT2D eigenvalue weighted by molar-refractivity contribution is 0.118. The van der Waals surface area contributed by atoms with E-state index in [4.69, 9.17) is 4.52 Å². The third-order valence-electron chi connectivity index (χ3n) is 5.37. The zero-order chi connectivity index (χ0) is 17.3. The molecule has 1 aromatic carbocycles. The highest BCUT2D eigenvalue weighted by atomic mass is 16.5. The number of piperidine rings is 1. The van der Waals surface area contributed by atoms with Gasteiger partial charge in [0.2, 0.25) is 5.89 Å². The monoisotopic (exact) mass is 349 g/mol. The highest BCUT2D eigenvalue weighted by Gasteiger charge is 2.31. The summed E-state index contributed by atoms with van der Waals surface area (Å²) in [5.74, 6) is 3.18. The number of H-pyrrole nitrogens is 1. The molecule has 2 aliphatic rings. The summed E-state index contributed by atoms with van der Waals surface area (Å²) < 4.78 is 5.49. The van der Waals surface area contributed by atoms with Crippen molar-refractivity contribution >= 4 is 0 Å². The lowest BCUT2D eigenvalue weighted by Crippen LogP contribution is -2.33. The Labute approximate surface area is 152 Å². The van der Waals surface area contributed by atoms with Crippen LogP contribution in [0.15, 0.2) is 41.1 Å². The maximum atomic E-state index is 5.49. The fourth-order valence-electron chi connectivity index (χ4n) is 3.77. The summed E-state index contributed by atoms with van der Waals surface area (Å²) in [6.45, 7) is 1.74. The number of nitrogens with zero attached hydrogens (tertiary/aromatic N) is 4. The molecule has 3 heterocycles. The lowest BCUT2D eigenvalue weighted by Gasteiger charge is -2.33. The van der Waals surface area contributed by atoms with Gasteiger partial charge in [-0.15, -0.1) is 0 Å². The van der Waals surface area contributed by atoms with Crippen LogP contribution in [0.2, 0.25) is 0 Å². The van der Waals surface area contributed by atoms with Crippen LogP contribution in [0.4, 0.5) is 0 Å². The molecule has 0 amide bonds. The van der Waals surface area contributed by atoms with Crippen LogP contribution in [0.1, 0.15) is 61.6 Å². The molecule has 0 radical (unpaired) electrons. The van der Waals surface area contributed by atoms with Crippen molar-refractivity contribution in [2.45, 2.75) is 50.6 Å². The predicted octanol–water partition coefficient (Wildman–Crippen LogP) is 4.06. The molecule has 1 saturated heterocycles. The van der Waals surface area contributed by atoms with Gasteiger partial charge in [-0.25, -0.2) is 4.98 Å². The highest BCUT2D eigenvalue weighted by Crippen LogP contribution is 2.38. The Morgan fingerprint density at radius 3 is 2.85 bits per heavy atom. The summed E-state index contributed by atoms with van der Waals surface area (Å²) in [4.78, 5) is 15.2. The van der Waals surface area contributed by atoms with Gasteiger partial charge in [0, 0.05) is 5.92 Å². The summed E-state index contributed by atoms with van der Waals surface area (Å²) in [5, 5.41) is 4.15. The van der Waals surface area contributed by atoms with E-state index in [0.717, 1.165) is 36.2 Å². The minimum Gasteiger partial charge on any atom is -0.341 e. The summed E-state index contributed by atoms with van der Waals surface area (Å²) in [7, 11) is 0. The first-order valence-corrected chi connectivity index (χ1v) is 9.53. The average molecular weight is 349 g/mol. The van der Waals surface area contributed by atoms with Gasteiger partial charge in [0.25, 0.3) is 0 Å². The number of benzene rings is 1. The van der Waals surface area contributed by atoms with Gasteiger partial charge in [0.1, 0.15) is 5.82 Å². The zero-order valence-electron chi connectivity index (χ0n) is 14.8. The quantitative estimate of drug-likeness (QED) is 0.752. The van der Waals surface area contributed by atoms with E-state index in [1.807, 2.05) is 12.3 Å². The van der Waals surface area contributed by atoms with Crippen LogP contribution >= 0.6 is 0 Å². The van der Waals surface area contributed by atoms with Gasteiger partial charge >= 0.3 is 0 Å². The number of likely N-dealkylation sites (tertiary alicyclic amines) is 1. The molecule has 1 aliphatic carbocycles. The zero-order valence-corrected chi connectivity index (χ0v) is 14.8. The van der Waals surface area contributed by atoms with Gasteiger partial charge in [-0.2, -0.15) is 4.98 Å². The number of aromatic amines is 1. The van der Waals surface area contributed by atoms with Crippen LogP contribution in [-0.4, -0.2) is 31.6 Å². The van der Waals surface area contributed by atoms with E-state index in [-0.39, 0.29) is 6.04 Å². The molecule has 1 aliphatic heterocycles. The van der Waals surface area contributed by atoms with Gasteiger partial charge in [-0.05, 0) is 37.8 Å². The molecule has 0 bridgehead atoms. The van der Waals surface area contributed by atoms with Gasteiger partial charge in [-0.3, -0.25) is 4.90 Å². The normalized spacial score (nSPS) is 21.2. The Balaban J connectivity index is 1.35. The van der Waals surface area contributed by atoms with Gasteiger partial charge in [-0.1, -0.05) is 41.9 Å². The second kappa shape index (κ2) is 6.68. The number of hydrogen-bond acceptors (Lipinski definition) is 5. The van der Waals surface area contributed by atoms with E-state index in [9.17, 15) is 0 Å². The summed E-state index contributed by atoms with van der Waals surface area (Å²) >= 11 is 0. The molecule has 3 aromatic rings. The summed E-state index contributed by atoms with van der Waals surface area (Å²) in [5.41, 5.74) is 2.24. The summed E-state index contributed by atoms with van der Waals surface area (Å²) in [6, 6.07) is 10.6. The number of imidazole rings is 1. The first kappa shape index (κ1) is 15.8. The molecular formula is C20H23N5O. The average Bonchev–Trinajstić information content (AvgIpc) is 3.24. The maximum absolute atomic E-state index is 5.49. The molecule has 2 fully saturated rings. The number of hydrogen-bond donors (Lipinski definition) is 1. The number of nitrogens with one attached hydrogen (secondary N) is 1. The maximum Gasteiger partial charge on any atom is 0.240 e. The first-order chi connectivity index (χ1) is 12.9. The van der Waals surface area contributed by atoms with E-state index in [2.05, 4.69) is 49.3 Å². The molecule has 1 N–H and O–H groups in total. The van der Waals surface area contributed by atoms with Gasteiger partial charge in [0.15, 0.2) is 5.82 Å². The second-order valence-corrected chi connectivity index (χ2v) is 7.35. The van der Waals surface area contributed by atoms with Crippen molar-refractivity contribution < 1.29 is 4.52 Å². The summed E-state index contributed by atoms with van der Waals surface area (Å²) in [6.07, 6.45) is 7.85. The Morgan fingerprint density at radius 1 is 1.12 bits per heavy atom. The van der Waals surface area contributed by atoms with E-state index in [0.29, 0.717) is 12.5 Å². The van der Waals surface area contributed by atoms with Crippen LogP contribution in [0, 0.1) is 0 Å². The predicted molar refractivity (Wildman–Crippen MR) is 97.3 cm³/mol. The van der Waals surface area contributed by atoms with Crippen LogP contribution in [0.5, 0.6) is 0 Å². The molecule has 5 rings (SSSR count). The molecule has 26 heavy (non-hydrogen) atoms. The van der Waals surface area contributed by atoms with Crippen molar-refractivity contribution in [3.63, 3.8) is 0 Å². The smallest absolute Gasteiger partial charge is 0.240 e. The molecule has 134 valence electrons. The van der Waals surface area contributed by atoms with Crippen molar-refractivity contribution in [3.05, 3.63) is 54.1 Å². The minimum atomic E-state index is 0.275. The molecular weight excluding hydrogens is 326 g/mol. The van der Waals surface area contributed by atoms with Gasteiger partial charge < -0.3 is 9.51 Å². The Bertz CT molecular complexity index is 867. The standard InChI is InChI=1S/C20H23N5O/c1-2-6-14(7-3-1)16-12-21-20(22-16)17-8-4-5-11-25(17)13-18-23-19(24-26-18)15-9-10-15/h1-3,6-7,12,15,17H,4-5,8-11,13H2,(H,21,22)/t17-/m0/s1. The Hall–Kier alpha value is -2.47. The molecule has 6 heteroatoms. The molecule has 1 saturated carbocycles. The van der Waals surface area contributed by atoms with E-state index in [1.165, 1.54) is 31.2 Å². The largest absolute Gasteiger partial charge is 0.341 e. The van der Waals surface area contributed by atoms with Crippen molar-refractivity contribution in [1.29, 1.82) is 0 Å². The second-order valence-electron chi connectivity index (χ2n) is 7.35. The molecule has 1 atom stereocenters.